The van der Waals surface area contributed by atoms with Crippen molar-refractivity contribution in [1.29, 1.82) is 0 Å². The first kappa shape index (κ1) is 17.5. The molecule has 0 saturated heterocycles. The summed E-state index contributed by atoms with van der Waals surface area (Å²) < 4.78 is 0. The number of nitrogens with one attached hydrogen (secondary N) is 2. The normalized spacial score (nSPS) is 12.4. The summed E-state index contributed by atoms with van der Waals surface area (Å²) in [5.41, 5.74) is 3.16. The Balaban J connectivity index is 2.23. The van der Waals surface area contributed by atoms with E-state index in [-0.39, 0.29) is 23.6 Å². The zero-order valence-electron chi connectivity index (χ0n) is 14.2. The molecule has 0 heterocycles. The van der Waals surface area contributed by atoms with Crippen molar-refractivity contribution in [1.82, 2.24) is 10.6 Å². The van der Waals surface area contributed by atoms with E-state index in [1.807, 2.05) is 68.4 Å². The molecule has 0 saturated carbocycles. The third-order valence-electron chi connectivity index (χ3n) is 3.69. The van der Waals surface area contributed by atoms with Crippen LogP contribution in [0.5, 0.6) is 0 Å². The number of hydrogen-bond donors (Lipinski definition) is 2. The summed E-state index contributed by atoms with van der Waals surface area (Å²) in [6, 6.07) is 17.2. The molecule has 0 aliphatic heterocycles. The molecular weight excluding hydrogens is 300 g/mol. The van der Waals surface area contributed by atoms with Crippen molar-refractivity contribution in [2.24, 2.45) is 0 Å². The van der Waals surface area contributed by atoms with Crippen molar-refractivity contribution in [2.75, 3.05) is 0 Å². The first-order chi connectivity index (χ1) is 11.5. The topological polar surface area (TPSA) is 58.2 Å². The molecule has 0 aromatic heterocycles. The number of rotatable bonds is 5. The lowest BCUT2D eigenvalue weighted by molar-refractivity contribution is -0.122. The van der Waals surface area contributed by atoms with Gasteiger partial charge in [-0.25, -0.2) is 0 Å². The maximum absolute atomic E-state index is 12.6. The van der Waals surface area contributed by atoms with E-state index in [1.54, 1.807) is 6.08 Å². The standard InChI is InChI=1S/C20H22N2O2/c1-14-9-7-8-12-18(14)13-19(22-16(3)23)20(24)21-15(2)17-10-5-4-6-11-17/h4-13,15H,1-3H3,(H,21,24)(H,22,23)/b19-13-/t15-/m1/s1. The highest BCUT2D eigenvalue weighted by Gasteiger charge is 2.15. The van der Waals surface area contributed by atoms with E-state index in [4.69, 9.17) is 0 Å². The van der Waals surface area contributed by atoms with Crippen molar-refractivity contribution >= 4 is 17.9 Å². The minimum Gasteiger partial charge on any atom is -0.344 e. The van der Waals surface area contributed by atoms with Crippen molar-refractivity contribution in [3.8, 4) is 0 Å². The van der Waals surface area contributed by atoms with Gasteiger partial charge in [0.05, 0.1) is 6.04 Å². The predicted molar refractivity (Wildman–Crippen MR) is 96.0 cm³/mol. The van der Waals surface area contributed by atoms with Crippen molar-refractivity contribution in [3.05, 3.63) is 77.0 Å². The van der Waals surface area contributed by atoms with E-state index in [1.165, 1.54) is 6.92 Å². The van der Waals surface area contributed by atoms with Crippen LogP contribution in [-0.4, -0.2) is 11.8 Å². The van der Waals surface area contributed by atoms with Gasteiger partial charge in [-0.2, -0.15) is 0 Å². The van der Waals surface area contributed by atoms with Gasteiger partial charge >= 0.3 is 0 Å². The molecule has 2 N–H and O–H groups in total. The molecule has 2 aromatic carbocycles. The minimum absolute atomic E-state index is 0.160. The molecule has 0 unspecified atom stereocenters. The molecule has 0 bridgehead atoms. The van der Waals surface area contributed by atoms with Gasteiger partial charge in [-0.3, -0.25) is 9.59 Å². The van der Waals surface area contributed by atoms with Crippen LogP contribution in [0.15, 0.2) is 60.3 Å². The third-order valence-corrected chi connectivity index (χ3v) is 3.69. The van der Waals surface area contributed by atoms with Crippen LogP contribution in [0.1, 0.15) is 36.6 Å². The average Bonchev–Trinajstić information content (AvgIpc) is 2.56. The van der Waals surface area contributed by atoms with E-state index >= 15 is 0 Å². The number of carbonyl (C=O) groups excluding carboxylic acids is 2. The minimum atomic E-state index is -0.315. The number of amides is 2. The second-order valence-electron chi connectivity index (χ2n) is 5.70. The highest BCUT2D eigenvalue weighted by molar-refractivity contribution is 6.01. The Morgan fingerprint density at radius 1 is 1.00 bits per heavy atom. The van der Waals surface area contributed by atoms with E-state index in [2.05, 4.69) is 10.6 Å². The molecule has 0 spiro atoms. The molecule has 0 aliphatic rings. The molecule has 0 aliphatic carbocycles. The first-order valence-corrected chi connectivity index (χ1v) is 7.88. The molecule has 2 amide bonds. The Morgan fingerprint density at radius 2 is 1.62 bits per heavy atom. The van der Waals surface area contributed by atoms with Crippen LogP contribution < -0.4 is 10.6 Å². The largest absolute Gasteiger partial charge is 0.344 e. The summed E-state index contributed by atoms with van der Waals surface area (Å²) in [5.74, 6) is -0.595. The van der Waals surface area contributed by atoms with Crippen molar-refractivity contribution in [2.45, 2.75) is 26.8 Å². The Bertz CT molecular complexity index is 751. The quantitative estimate of drug-likeness (QED) is 0.829. The highest BCUT2D eigenvalue weighted by Crippen LogP contribution is 2.14. The number of aryl methyl sites for hydroxylation is 1. The summed E-state index contributed by atoms with van der Waals surface area (Å²) in [5, 5.41) is 5.54. The van der Waals surface area contributed by atoms with Crippen LogP contribution in [0.2, 0.25) is 0 Å². The summed E-state index contributed by atoms with van der Waals surface area (Å²) in [6.07, 6.45) is 1.70. The third kappa shape index (κ3) is 4.81. The van der Waals surface area contributed by atoms with Gasteiger partial charge in [0.1, 0.15) is 5.70 Å². The fourth-order valence-electron chi connectivity index (χ4n) is 2.35. The van der Waals surface area contributed by atoms with Gasteiger partial charge in [-0.15, -0.1) is 0 Å². The van der Waals surface area contributed by atoms with Gasteiger partial charge in [0.2, 0.25) is 5.91 Å². The summed E-state index contributed by atoms with van der Waals surface area (Å²) in [7, 11) is 0. The Labute approximate surface area is 142 Å². The molecule has 2 aromatic rings. The SMILES string of the molecule is CC(=O)N/C(=C\c1ccccc1C)C(=O)N[C@H](C)c1ccccc1. The Kier molecular flexibility index (Phi) is 5.90. The molecule has 124 valence electrons. The monoisotopic (exact) mass is 322 g/mol. The van der Waals surface area contributed by atoms with Gasteiger partial charge in [-0.1, -0.05) is 54.6 Å². The van der Waals surface area contributed by atoms with Crippen LogP contribution in [-0.2, 0) is 9.59 Å². The molecule has 0 fully saturated rings. The molecule has 24 heavy (non-hydrogen) atoms. The highest BCUT2D eigenvalue weighted by atomic mass is 16.2. The predicted octanol–water partition coefficient (Wildman–Crippen LogP) is 3.35. The van der Waals surface area contributed by atoms with Gasteiger partial charge in [-0.05, 0) is 36.6 Å². The van der Waals surface area contributed by atoms with E-state index in [9.17, 15) is 9.59 Å². The lowest BCUT2D eigenvalue weighted by atomic mass is 10.1. The number of carbonyl (C=O) groups is 2. The fourth-order valence-corrected chi connectivity index (χ4v) is 2.35. The van der Waals surface area contributed by atoms with Crippen LogP contribution >= 0.6 is 0 Å². The maximum atomic E-state index is 12.6. The van der Waals surface area contributed by atoms with Crippen LogP contribution in [0.3, 0.4) is 0 Å². The molecule has 2 rings (SSSR count). The molecule has 1 atom stereocenters. The second kappa shape index (κ2) is 8.11. The Morgan fingerprint density at radius 3 is 2.25 bits per heavy atom. The van der Waals surface area contributed by atoms with Crippen LogP contribution in [0, 0.1) is 6.92 Å². The van der Waals surface area contributed by atoms with Crippen LogP contribution in [0.4, 0.5) is 0 Å². The lowest BCUT2D eigenvalue weighted by Crippen LogP contribution is -2.35. The summed E-state index contributed by atoms with van der Waals surface area (Å²) in [4.78, 5) is 24.0. The lowest BCUT2D eigenvalue weighted by Gasteiger charge is -2.16. The van der Waals surface area contributed by atoms with Gasteiger partial charge in [0.15, 0.2) is 0 Å². The smallest absolute Gasteiger partial charge is 0.268 e. The average molecular weight is 322 g/mol. The van der Waals surface area contributed by atoms with E-state index < -0.39 is 0 Å². The first-order valence-electron chi connectivity index (χ1n) is 7.88. The molecule has 0 radical (unpaired) electrons. The number of hydrogen-bond acceptors (Lipinski definition) is 2. The van der Waals surface area contributed by atoms with E-state index in [0.717, 1.165) is 16.7 Å². The van der Waals surface area contributed by atoms with Crippen molar-refractivity contribution < 1.29 is 9.59 Å². The Hall–Kier alpha value is -2.88. The zero-order valence-corrected chi connectivity index (χ0v) is 14.2. The van der Waals surface area contributed by atoms with Crippen LogP contribution in [0.25, 0.3) is 6.08 Å². The van der Waals surface area contributed by atoms with Gasteiger partial charge in [0.25, 0.3) is 5.91 Å². The summed E-state index contributed by atoms with van der Waals surface area (Å²) in [6.45, 7) is 5.26. The fraction of sp³-hybridized carbons (Fsp3) is 0.200. The van der Waals surface area contributed by atoms with Gasteiger partial charge in [0, 0.05) is 6.92 Å². The van der Waals surface area contributed by atoms with Crippen molar-refractivity contribution in [3.63, 3.8) is 0 Å². The zero-order chi connectivity index (χ0) is 17.5. The van der Waals surface area contributed by atoms with E-state index in [0.29, 0.717) is 0 Å². The second-order valence-corrected chi connectivity index (χ2v) is 5.70. The maximum Gasteiger partial charge on any atom is 0.268 e. The summed E-state index contributed by atoms with van der Waals surface area (Å²) >= 11 is 0. The number of benzene rings is 2. The molecular formula is C20H22N2O2. The molecule has 4 nitrogen and oxygen atoms in total. The van der Waals surface area contributed by atoms with Gasteiger partial charge < -0.3 is 10.6 Å². The molecule has 4 heteroatoms.